The highest BCUT2D eigenvalue weighted by molar-refractivity contribution is 5.76. The van der Waals surface area contributed by atoms with Crippen LogP contribution in [0.15, 0.2) is 65.7 Å². The molecule has 0 atom stereocenters. The summed E-state index contributed by atoms with van der Waals surface area (Å²) in [6.07, 6.45) is 5.73. The van der Waals surface area contributed by atoms with Crippen molar-refractivity contribution in [2.24, 2.45) is 0 Å². The lowest BCUT2D eigenvalue weighted by Crippen LogP contribution is -2.49. The molecule has 5 rings (SSSR count). The standard InChI is InChI=1S/C24H24N4O3/c29-20-8-4-5-12-28(20)17-21(30)27-13-10-24(11-14-27)22-19(9-15-31-24)16-25-23(26-22)18-6-2-1-3-7-18/h1-8,12,16H,9-11,13-15,17H2. The number of likely N-dealkylation sites (tertiary alicyclic amines) is 1. The SMILES string of the molecule is O=C(Cn1ccccc1=O)N1CCC2(CC1)OCCc1cnc(-c3ccccc3)nc12. The van der Waals surface area contributed by atoms with E-state index in [1.807, 2.05) is 41.4 Å². The summed E-state index contributed by atoms with van der Waals surface area (Å²) in [6, 6.07) is 14.8. The Morgan fingerprint density at radius 1 is 1.06 bits per heavy atom. The molecule has 7 nitrogen and oxygen atoms in total. The van der Waals surface area contributed by atoms with Gasteiger partial charge in [0.05, 0.1) is 12.3 Å². The van der Waals surface area contributed by atoms with Crippen LogP contribution in [-0.2, 0) is 28.1 Å². The Hall–Kier alpha value is -3.32. The summed E-state index contributed by atoms with van der Waals surface area (Å²) < 4.78 is 7.75. The van der Waals surface area contributed by atoms with E-state index in [2.05, 4.69) is 4.98 Å². The van der Waals surface area contributed by atoms with Gasteiger partial charge in [0.15, 0.2) is 5.82 Å². The van der Waals surface area contributed by atoms with Crippen LogP contribution < -0.4 is 5.56 Å². The van der Waals surface area contributed by atoms with E-state index in [4.69, 9.17) is 9.72 Å². The average Bonchev–Trinajstić information content (AvgIpc) is 2.82. The van der Waals surface area contributed by atoms with Crippen molar-refractivity contribution < 1.29 is 9.53 Å². The van der Waals surface area contributed by atoms with Gasteiger partial charge in [-0.2, -0.15) is 0 Å². The van der Waals surface area contributed by atoms with Gasteiger partial charge in [0.25, 0.3) is 5.56 Å². The van der Waals surface area contributed by atoms with E-state index in [1.54, 1.807) is 18.3 Å². The molecule has 1 aromatic carbocycles. The van der Waals surface area contributed by atoms with Gasteiger partial charge in [0.1, 0.15) is 12.1 Å². The van der Waals surface area contributed by atoms with E-state index in [0.717, 1.165) is 23.2 Å². The Bertz CT molecular complexity index is 1150. The fourth-order valence-corrected chi connectivity index (χ4v) is 4.47. The third-order valence-electron chi connectivity index (χ3n) is 6.21. The zero-order chi connectivity index (χ0) is 21.3. The number of carbonyl (C=O) groups is 1. The van der Waals surface area contributed by atoms with Crippen molar-refractivity contribution in [3.63, 3.8) is 0 Å². The molecule has 0 N–H and O–H groups in total. The van der Waals surface area contributed by atoms with Crippen LogP contribution in [0.2, 0.25) is 0 Å². The van der Waals surface area contributed by atoms with E-state index in [0.29, 0.717) is 38.4 Å². The van der Waals surface area contributed by atoms with Crippen LogP contribution >= 0.6 is 0 Å². The van der Waals surface area contributed by atoms with Crippen LogP contribution in [0.3, 0.4) is 0 Å². The largest absolute Gasteiger partial charge is 0.368 e. The Labute approximate surface area is 180 Å². The minimum absolute atomic E-state index is 0.0492. The van der Waals surface area contributed by atoms with Gasteiger partial charge in [0.2, 0.25) is 5.91 Å². The van der Waals surface area contributed by atoms with Crippen molar-refractivity contribution in [1.29, 1.82) is 0 Å². The highest BCUT2D eigenvalue weighted by Gasteiger charge is 2.43. The lowest BCUT2D eigenvalue weighted by Gasteiger charge is -2.44. The lowest BCUT2D eigenvalue weighted by molar-refractivity contribution is -0.141. The van der Waals surface area contributed by atoms with Crippen molar-refractivity contribution in [1.82, 2.24) is 19.4 Å². The molecule has 0 unspecified atom stereocenters. The molecule has 2 aliphatic rings. The Balaban J connectivity index is 1.35. The zero-order valence-electron chi connectivity index (χ0n) is 17.2. The molecule has 0 saturated carbocycles. The second-order valence-electron chi connectivity index (χ2n) is 8.07. The summed E-state index contributed by atoms with van der Waals surface area (Å²) in [5.41, 5.74) is 2.41. The van der Waals surface area contributed by atoms with Gasteiger partial charge < -0.3 is 14.2 Å². The van der Waals surface area contributed by atoms with Gasteiger partial charge in [-0.05, 0) is 30.9 Å². The molecule has 7 heteroatoms. The van der Waals surface area contributed by atoms with Crippen molar-refractivity contribution in [3.8, 4) is 11.4 Å². The molecule has 0 bridgehead atoms. The van der Waals surface area contributed by atoms with E-state index < -0.39 is 5.60 Å². The Morgan fingerprint density at radius 2 is 1.84 bits per heavy atom. The predicted molar refractivity (Wildman–Crippen MR) is 115 cm³/mol. The number of hydrogen-bond acceptors (Lipinski definition) is 5. The number of aromatic nitrogens is 3. The number of amides is 1. The zero-order valence-corrected chi connectivity index (χ0v) is 17.2. The van der Waals surface area contributed by atoms with Crippen LogP contribution in [0.25, 0.3) is 11.4 Å². The van der Waals surface area contributed by atoms with Gasteiger partial charge in [-0.15, -0.1) is 0 Å². The van der Waals surface area contributed by atoms with Gasteiger partial charge in [-0.25, -0.2) is 9.97 Å². The number of nitrogens with zero attached hydrogens (tertiary/aromatic N) is 4. The predicted octanol–water partition coefficient (Wildman–Crippen LogP) is 2.40. The van der Waals surface area contributed by atoms with Crippen molar-refractivity contribution in [2.45, 2.75) is 31.4 Å². The number of fused-ring (bicyclic) bond motifs is 2. The molecular weight excluding hydrogens is 392 g/mol. The maximum absolute atomic E-state index is 12.8. The quantitative estimate of drug-likeness (QED) is 0.655. The summed E-state index contributed by atoms with van der Waals surface area (Å²) in [4.78, 5) is 36.0. The fourth-order valence-electron chi connectivity index (χ4n) is 4.47. The van der Waals surface area contributed by atoms with E-state index >= 15 is 0 Å². The third-order valence-corrected chi connectivity index (χ3v) is 6.21. The van der Waals surface area contributed by atoms with Gasteiger partial charge in [-0.3, -0.25) is 9.59 Å². The van der Waals surface area contributed by atoms with Crippen LogP contribution in [0.5, 0.6) is 0 Å². The number of rotatable bonds is 3. The highest BCUT2D eigenvalue weighted by atomic mass is 16.5. The molecule has 158 valence electrons. The van der Waals surface area contributed by atoms with Gasteiger partial charge in [-0.1, -0.05) is 36.4 Å². The normalized spacial score (nSPS) is 17.4. The molecule has 2 aromatic heterocycles. The third kappa shape index (κ3) is 3.77. The van der Waals surface area contributed by atoms with Crippen LogP contribution in [0, 0.1) is 0 Å². The average molecular weight is 416 g/mol. The number of pyridine rings is 1. The fraction of sp³-hybridized carbons (Fsp3) is 0.333. The summed E-state index contributed by atoms with van der Waals surface area (Å²) in [7, 11) is 0. The first kappa shape index (κ1) is 19.6. The van der Waals surface area contributed by atoms with E-state index in [9.17, 15) is 9.59 Å². The number of hydrogen-bond donors (Lipinski definition) is 0. The molecule has 1 spiro atoms. The van der Waals surface area contributed by atoms with Crippen LogP contribution in [-0.4, -0.2) is 45.0 Å². The molecule has 2 aliphatic heterocycles. The second kappa shape index (κ2) is 8.07. The lowest BCUT2D eigenvalue weighted by atomic mass is 9.83. The molecular formula is C24H24N4O3. The maximum atomic E-state index is 12.8. The maximum Gasteiger partial charge on any atom is 0.250 e. The molecule has 1 fully saturated rings. The summed E-state index contributed by atoms with van der Waals surface area (Å²) in [5, 5.41) is 0. The molecule has 1 amide bonds. The van der Waals surface area contributed by atoms with Gasteiger partial charge in [0, 0.05) is 37.1 Å². The number of benzene rings is 1. The van der Waals surface area contributed by atoms with Crippen molar-refractivity contribution in [2.75, 3.05) is 19.7 Å². The van der Waals surface area contributed by atoms with Crippen molar-refractivity contribution in [3.05, 3.63) is 82.5 Å². The first-order valence-corrected chi connectivity index (χ1v) is 10.6. The molecule has 31 heavy (non-hydrogen) atoms. The molecule has 3 aromatic rings. The first-order chi connectivity index (χ1) is 15.1. The van der Waals surface area contributed by atoms with E-state index in [-0.39, 0.29) is 18.0 Å². The Kier molecular flexibility index (Phi) is 5.11. The van der Waals surface area contributed by atoms with E-state index in [1.165, 1.54) is 10.6 Å². The molecule has 0 radical (unpaired) electrons. The van der Waals surface area contributed by atoms with Crippen molar-refractivity contribution >= 4 is 5.91 Å². The molecule has 1 saturated heterocycles. The van der Waals surface area contributed by atoms with Gasteiger partial charge >= 0.3 is 0 Å². The first-order valence-electron chi connectivity index (χ1n) is 10.6. The molecule has 0 aliphatic carbocycles. The minimum atomic E-state index is -0.486. The number of carbonyl (C=O) groups excluding carboxylic acids is 1. The molecule has 4 heterocycles. The van der Waals surface area contributed by atoms with Crippen LogP contribution in [0.4, 0.5) is 0 Å². The minimum Gasteiger partial charge on any atom is -0.368 e. The summed E-state index contributed by atoms with van der Waals surface area (Å²) in [5.74, 6) is 0.651. The smallest absolute Gasteiger partial charge is 0.250 e. The Morgan fingerprint density at radius 3 is 2.61 bits per heavy atom. The highest BCUT2D eigenvalue weighted by Crippen LogP contribution is 2.40. The number of ether oxygens (including phenoxy) is 1. The summed E-state index contributed by atoms with van der Waals surface area (Å²) in [6.45, 7) is 1.84. The number of piperidine rings is 1. The second-order valence-corrected chi connectivity index (χ2v) is 8.07. The topological polar surface area (TPSA) is 77.3 Å². The monoisotopic (exact) mass is 416 g/mol. The summed E-state index contributed by atoms with van der Waals surface area (Å²) >= 11 is 0. The van der Waals surface area contributed by atoms with Crippen LogP contribution in [0.1, 0.15) is 24.1 Å².